The fraction of sp³-hybridized carbons (Fsp3) is 0.278. The maximum absolute atomic E-state index is 12.9. The standard InChI is InChI=1S/C18H15Br2ClF3N5O/c1-10-15(20)16(18(22,23)24)26-29(10)7-6-14(30)25-17-13(19)9-28(27-17)8-11-2-4-12(21)5-3-11/h2-5,9H,6-8H2,1H3,(H,25,27,30). The van der Waals surface area contributed by atoms with Gasteiger partial charge in [0.25, 0.3) is 0 Å². The molecule has 0 bridgehead atoms. The van der Waals surface area contributed by atoms with Crippen LogP contribution in [0.4, 0.5) is 19.0 Å². The Labute approximate surface area is 191 Å². The summed E-state index contributed by atoms with van der Waals surface area (Å²) in [7, 11) is 0. The lowest BCUT2D eigenvalue weighted by Crippen LogP contribution is -2.17. The predicted molar refractivity (Wildman–Crippen MR) is 113 cm³/mol. The number of carbonyl (C=O) groups is 1. The molecule has 0 saturated carbocycles. The van der Waals surface area contributed by atoms with E-state index in [0.29, 0.717) is 27.6 Å². The number of nitrogens with zero attached hydrogens (tertiary/aromatic N) is 4. The summed E-state index contributed by atoms with van der Waals surface area (Å²) in [6, 6.07) is 7.29. The molecule has 0 saturated heterocycles. The summed E-state index contributed by atoms with van der Waals surface area (Å²) < 4.78 is 42.1. The van der Waals surface area contributed by atoms with Crippen molar-refractivity contribution in [1.29, 1.82) is 0 Å². The van der Waals surface area contributed by atoms with E-state index in [-0.39, 0.29) is 17.4 Å². The van der Waals surface area contributed by atoms with Crippen LogP contribution in [0.1, 0.15) is 23.4 Å². The summed E-state index contributed by atoms with van der Waals surface area (Å²) >= 11 is 12.1. The van der Waals surface area contributed by atoms with E-state index in [9.17, 15) is 18.0 Å². The van der Waals surface area contributed by atoms with Crippen LogP contribution < -0.4 is 5.32 Å². The van der Waals surface area contributed by atoms with Gasteiger partial charge in [-0.05, 0) is 56.5 Å². The van der Waals surface area contributed by atoms with Gasteiger partial charge in [-0.2, -0.15) is 23.4 Å². The molecule has 1 amide bonds. The van der Waals surface area contributed by atoms with E-state index in [0.717, 1.165) is 10.2 Å². The van der Waals surface area contributed by atoms with Crippen LogP contribution in [0, 0.1) is 6.92 Å². The van der Waals surface area contributed by atoms with Crippen molar-refractivity contribution in [3.63, 3.8) is 0 Å². The number of anilines is 1. The highest BCUT2D eigenvalue weighted by Crippen LogP contribution is 2.35. The van der Waals surface area contributed by atoms with Crippen LogP contribution >= 0.6 is 43.5 Å². The molecule has 0 unspecified atom stereocenters. The van der Waals surface area contributed by atoms with Gasteiger partial charge in [0.2, 0.25) is 5.91 Å². The molecule has 1 N–H and O–H groups in total. The third-order valence-corrected chi connectivity index (χ3v) is 5.97. The molecular weight excluding hydrogens is 554 g/mol. The number of hydrogen-bond acceptors (Lipinski definition) is 3. The molecule has 2 heterocycles. The third-order valence-electron chi connectivity index (χ3n) is 4.19. The Morgan fingerprint density at radius 2 is 1.87 bits per heavy atom. The zero-order valence-electron chi connectivity index (χ0n) is 15.5. The van der Waals surface area contributed by atoms with Gasteiger partial charge >= 0.3 is 6.18 Å². The SMILES string of the molecule is Cc1c(Br)c(C(F)(F)F)nn1CCC(=O)Nc1nn(Cc2ccc(Cl)cc2)cc1Br. The highest BCUT2D eigenvalue weighted by atomic mass is 79.9. The average molecular weight is 570 g/mol. The van der Waals surface area contributed by atoms with Crippen LogP contribution in [0.15, 0.2) is 39.4 Å². The Bertz CT molecular complexity index is 1060. The second-order valence-corrected chi connectivity index (χ2v) is 8.50. The van der Waals surface area contributed by atoms with E-state index in [2.05, 4.69) is 47.4 Å². The highest BCUT2D eigenvalue weighted by molar-refractivity contribution is 9.11. The van der Waals surface area contributed by atoms with Gasteiger partial charge < -0.3 is 5.32 Å². The predicted octanol–water partition coefficient (Wildman–Crippen LogP) is 5.66. The second kappa shape index (κ2) is 9.11. The van der Waals surface area contributed by atoms with E-state index in [1.807, 2.05) is 12.1 Å². The first-order valence-electron chi connectivity index (χ1n) is 8.62. The molecule has 3 aromatic rings. The molecule has 0 spiro atoms. The fourth-order valence-electron chi connectivity index (χ4n) is 2.66. The van der Waals surface area contributed by atoms with Crippen LogP contribution in [0.25, 0.3) is 0 Å². The van der Waals surface area contributed by atoms with Gasteiger partial charge in [0.15, 0.2) is 11.5 Å². The molecule has 6 nitrogen and oxygen atoms in total. The van der Waals surface area contributed by atoms with E-state index < -0.39 is 17.8 Å². The Morgan fingerprint density at radius 3 is 2.47 bits per heavy atom. The number of aryl methyl sites for hydroxylation is 1. The number of hydrogen-bond donors (Lipinski definition) is 1. The number of nitrogens with one attached hydrogen (secondary N) is 1. The van der Waals surface area contributed by atoms with Crippen molar-refractivity contribution in [2.75, 3.05) is 5.32 Å². The van der Waals surface area contributed by atoms with Crippen molar-refractivity contribution < 1.29 is 18.0 Å². The first-order chi connectivity index (χ1) is 14.0. The smallest absolute Gasteiger partial charge is 0.308 e. The molecule has 160 valence electrons. The Balaban J connectivity index is 1.62. The van der Waals surface area contributed by atoms with Crippen molar-refractivity contribution >= 4 is 55.2 Å². The van der Waals surface area contributed by atoms with Crippen molar-refractivity contribution in [3.05, 3.63) is 61.4 Å². The van der Waals surface area contributed by atoms with Gasteiger partial charge in [-0.1, -0.05) is 23.7 Å². The van der Waals surface area contributed by atoms with E-state index in [1.54, 1.807) is 23.0 Å². The molecule has 0 fully saturated rings. The average Bonchev–Trinajstić information content (AvgIpc) is 3.15. The Hall–Kier alpha value is -1.85. The maximum Gasteiger partial charge on any atom is 0.436 e. The summed E-state index contributed by atoms with van der Waals surface area (Å²) in [6.07, 6.45) is -2.92. The van der Waals surface area contributed by atoms with E-state index >= 15 is 0 Å². The van der Waals surface area contributed by atoms with Gasteiger partial charge in [0.05, 0.1) is 27.7 Å². The number of benzene rings is 1. The minimum Gasteiger partial charge on any atom is -0.308 e. The largest absolute Gasteiger partial charge is 0.436 e. The van der Waals surface area contributed by atoms with Crippen molar-refractivity contribution in [3.8, 4) is 0 Å². The zero-order valence-corrected chi connectivity index (χ0v) is 19.4. The molecule has 0 atom stereocenters. The molecule has 3 rings (SSSR count). The Kier molecular flexibility index (Phi) is 6.93. The maximum atomic E-state index is 12.9. The van der Waals surface area contributed by atoms with Crippen LogP contribution in [-0.4, -0.2) is 25.5 Å². The second-order valence-electron chi connectivity index (χ2n) is 6.42. The minimum absolute atomic E-state index is 0.00451. The first-order valence-corrected chi connectivity index (χ1v) is 10.6. The highest BCUT2D eigenvalue weighted by Gasteiger charge is 2.37. The number of carbonyl (C=O) groups excluding carboxylic acids is 1. The lowest BCUT2D eigenvalue weighted by molar-refractivity contribution is -0.142. The van der Waals surface area contributed by atoms with Gasteiger partial charge in [0.1, 0.15) is 0 Å². The van der Waals surface area contributed by atoms with Crippen LogP contribution in [-0.2, 0) is 24.1 Å². The van der Waals surface area contributed by atoms with Crippen LogP contribution in [0.5, 0.6) is 0 Å². The number of alkyl halides is 3. The monoisotopic (exact) mass is 567 g/mol. The van der Waals surface area contributed by atoms with Gasteiger partial charge in [0, 0.05) is 17.6 Å². The summed E-state index contributed by atoms with van der Waals surface area (Å²) in [4.78, 5) is 12.3. The summed E-state index contributed by atoms with van der Waals surface area (Å²) in [5, 5.41) is 11.2. The molecular formula is C18H15Br2ClF3N5O. The topological polar surface area (TPSA) is 64.7 Å². The molecule has 30 heavy (non-hydrogen) atoms. The summed E-state index contributed by atoms with van der Waals surface area (Å²) in [5.41, 5.74) is 0.264. The lowest BCUT2D eigenvalue weighted by Gasteiger charge is -2.06. The van der Waals surface area contributed by atoms with Crippen LogP contribution in [0.3, 0.4) is 0 Å². The molecule has 2 aromatic heterocycles. The molecule has 0 aliphatic carbocycles. The number of rotatable bonds is 6. The first kappa shape index (κ1) is 22.8. The lowest BCUT2D eigenvalue weighted by atomic mass is 10.2. The van der Waals surface area contributed by atoms with Gasteiger partial charge in [-0.25, -0.2) is 0 Å². The zero-order chi connectivity index (χ0) is 22.1. The fourth-order valence-corrected chi connectivity index (χ4v) is 3.71. The van der Waals surface area contributed by atoms with Gasteiger partial charge in [-0.3, -0.25) is 14.2 Å². The number of aromatic nitrogens is 4. The quantitative estimate of drug-likeness (QED) is 0.417. The summed E-state index contributed by atoms with van der Waals surface area (Å²) in [5.74, 6) is -0.0738. The van der Waals surface area contributed by atoms with Gasteiger partial charge in [-0.15, -0.1) is 0 Å². The van der Waals surface area contributed by atoms with E-state index in [4.69, 9.17) is 11.6 Å². The minimum atomic E-state index is -4.57. The molecule has 0 radical (unpaired) electrons. The van der Waals surface area contributed by atoms with Crippen molar-refractivity contribution in [1.82, 2.24) is 19.6 Å². The molecule has 1 aromatic carbocycles. The Morgan fingerprint density at radius 1 is 1.20 bits per heavy atom. The normalized spacial score (nSPS) is 11.7. The van der Waals surface area contributed by atoms with Crippen molar-refractivity contribution in [2.24, 2.45) is 0 Å². The molecule has 0 aliphatic heterocycles. The number of amides is 1. The third kappa shape index (κ3) is 5.44. The number of halogens is 6. The van der Waals surface area contributed by atoms with Crippen molar-refractivity contribution in [2.45, 2.75) is 32.6 Å². The summed E-state index contributed by atoms with van der Waals surface area (Å²) in [6.45, 7) is 1.97. The van der Waals surface area contributed by atoms with Crippen LogP contribution in [0.2, 0.25) is 5.02 Å². The molecule has 0 aliphatic rings. The van der Waals surface area contributed by atoms with E-state index in [1.165, 1.54) is 6.92 Å². The molecule has 12 heteroatoms.